The molecule has 0 atom stereocenters. The summed E-state index contributed by atoms with van der Waals surface area (Å²) in [7, 11) is 0. The van der Waals surface area contributed by atoms with Gasteiger partial charge in [-0.25, -0.2) is 13.8 Å². The average molecular weight is 461 g/mol. The number of amides is 1. The molecule has 1 aliphatic rings. The predicted octanol–water partition coefficient (Wildman–Crippen LogP) is 6.59. The van der Waals surface area contributed by atoms with E-state index in [2.05, 4.69) is 31.1 Å². The highest BCUT2D eigenvalue weighted by molar-refractivity contribution is 6.33. The molecule has 4 rings (SSSR count). The van der Waals surface area contributed by atoms with Gasteiger partial charge in [-0.05, 0) is 55.2 Å². The molecule has 1 aliphatic carbocycles. The standard InChI is InChI=1S/C24H27ClF2N4O/c1-24(2,3)13-7-9-14(10-8-13)31-20-12-18(27)15(22(28)32)11-19(20)29-23(31)30-21-16(25)5-4-6-17(21)26/h4-6,11-14H,7-10H2,1-3H3,(H2,28,32)(H,29,30). The van der Waals surface area contributed by atoms with Gasteiger partial charge >= 0.3 is 0 Å². The zero-order valence-corrected chi connectivity index (χ0v) is 19.1. The number of nitrogens with two attached hydrogens (primary N) is 1. The second-order valence-electron chi connectivity index (χ2n) is 9.58. The minimum atomic E-state index is -0.865. The number of carbonyl (C=O) groups is 1. The number of fused-ring (bicyclic) bond motifs is 1. The SMILES string of the molecule is CC(C)(C)C1CCC(n2c(Nc3c(F)cccc3Cl)nc3cc(C(N)=O)c(F)cc32)CC1. The van der Waals surface area contributed by atoms with Crippen LogP contribution in [0, 0.1) is 23.0 Å². The van der Waals surface area contributed by atoms with Crippen LogP contribution in [0.2, 0.25) is 5.02 Å². The fraction of sp³-hybridized carbons (Fsp3) is 0.417. The van der Waals surface area contributed by atoms with E-state index in [0.717, 1.165) is 25.7 Å². The molecule has 1 saturated carbocycles. The Hall–Kier alpha value is -2.67. The number of nitrogens with zero attached hydrogens (tertiary/aromatic N) is 2. The van der Waals surface area contributed by atoms with Crippen LogP contribution < -0.4 is 11.1 Å². The topological polar surface area (TPSA) is 72.9 Å². The maximum absolute atomic E-state index is 14.7. The van der Waals surface area contributed by atoms with Gasteiger partial charge in [-0.15, -0.1) is 0 Å². The van der Waals surface area contributed by atoms with Crippen molar-refractivity contribution in [2.75, 3.05) is 5.32 Å². The third-order valence-corrected chi connectivity index (χ3v) is 6.84. The third kappa shape index (κ3) is 4.18. The smallest absolute Gasteiger partial charge is 0.251 e. The van der Waals surface area contributed by atoms with Crippen LogP contribution in [0.15, 0.2) is 30.3 Å². The molecular formula is C24H27ClF2N4O. The summed E-state index contributed by atoms with van der Waals surface area (Å²) in [6, 6.07) is 7.09. The van der Waals surface area contributed by atoms with Gasteiger partial charge in [0.1, 0.15) is 11.6 Å². The van der Waals surface area contributed by atoms with Crippen LogP contribution in [0.1, 0.15) is 62.9 Å². The fourth-order valence-electron chi connectivity index (χ4n) is 4.69. The van der Waals surface area contributed by atoms with Crippen molar-refractivity contribution >= 4 is 40.2 Å². The number of nitrogens with one attached hydrogen (secondary N) is 1. The summed E-state index contributed by atoms with van der Waals surface area (Å²) >= 11 is 6.22. The number of anilines is 2. The van der Waals surface area contributed by atoms with Gasteiger partial charge < -0.3 is 15.6 Å². The summed E-state index contributed by atoms with van der Waals surface area (Å²) < 4.78 is 31.0. The molecule has 0 bridgehead atoms. The van der Waals surface area contributed by atoms with Gasteiger partial charge in [0, 0.05) is 12.1 Å². The maximum atomic E-state index is 14.7. The van der Waals surface area contributed by atoms with Gasteiger partial charge in [-0.1, -0.05) is 38.4 Å². The van der Waals surface area contributed by atoms with Gasteiger partial charge in [-0.2, -0.15) is 0 Å². The van der Waals surface area contributed by atoms with Crippen molar-refractivity contribution < 1.29 is 13.6 Å². The van der Waals surface area contributed by atoms with Crippen LogP contribution >= 0.6 is 11.6 Å². The van der Waals surface area contributed by atoms with E-state index < -0.39 is 17.5 Å². The lowest BCUT2D eigenvalue weighted by Gasteiger charge is -2.37. The number of hydrogen-bond acceptors (Lipinski definition) is 3. The fourth-order valence-corrected chi connectivity index (χ4v) is 4.90. The molecule has 170 valence electrons. The summed E-state index contributed by atoms with van der Waals surface area (Å²) in [4.78, 5) is 16.2. The Morgan fingerprint density at radius 3 is 2.44 bits per heavy atom. The molecule has 8 heteroatoms. The molecule has 5 nitrogen and oxygen atoms in total. The highest BCUT2D eigenvalue weighted by Crippen LogP contribution is 2.44. The summed E-state index contributed by atoms with van der Waals surface area (Å²) in [5, 5.41) is 3.22. The van der Waals surface area contributed by atoms with Crippen molar-refractivity contribution in [1.82, 2.24) is 9.55 Å². The molecule has 1 aromatic heterocycles. The van der Waals surface area contributed by atoms with Crippen LogP contribution in [0.4, 0.5) is 20.4 Å². The van der Waals surface area contributed by atoms with E-state index in [1.807, 2.05) is 4.57 Å². The van der Waals surface area contributed by atoms with Gasteiger partial charge in [0.15, 0.2) is 0 Å². The molecule has 1 heterocycles. The molecule has 0 saturated heterocycles. The van der Waals surface area contributed by atoms with Crippen molar-refractivity contribution in [3.63, 3.8) is 0 Å². The first kappa shape index (κ1) is 22.5. The van der Waals surface area contributed by atoms with Gasteiger partial charge in [-0.3, -0.25) is 4.79 Å². The van der Waals surface area contributed by atoms with Gasteiger partial charge in [0.2, 0.25) is 5.95 Å². The number of carbonyl (C=O) groups excluding carboxylic acids is 1. The van der Waals surface area contributed by atoms with Crippen LogP contribution in [0.5, 0.6) is 0 Å². The monoisotopic (exact) mass is 460 g/mol. The zero-order valence-electron chi connectivity index (χ0n) is 18.4. The third-order valence-electron chi connectivity index (χ3n) is 6.53. The summed E-state index contributed by atoms with van der Waals surface area (Å²) in [5.74, 6) is -1.14. The molecule has 0 unspecified atom stereocenters. The zero-order chi connectivity index (χ0) is 23.2. The van der Waals surface area contributed by atoms with E-state index in [9.17, 15) is 13.6 Å². The molecule has 32 heavy (non-hydrogen) atoms. The van der Waals surface area contributed by atoms with E-state index in [1.54, 1.807) is 6.07 Å². The summed E-state index contributed by atoms with van der Waals surface area (Å²) in [6.45, 7) is 6.75. The second-order valence-corrected chi connectivity index (χ2v) is 9.99. The number of aromatic nitrogens is 2. The molecule has 0 spiro atoms. The van der Waals surface area contributed by atoms with Crippen molar-refractivity contribution in [3.8, 4) is 0 Å². The van der Waals surface area contributed by atoms with Crippen molar-refractivity contribution in [1.29, 1.82) is 0 Å². The Bertz CT molecular complexity index is 1160. The second kappa shape index (κ2) is 8.35. The van der Waals surface area contributed by atoms with Crippen LogP contribution in [0.25, 0.3) is 11.0 Å². The van der Waals surface area contributed by atoms with Crippen molar-refractivity contribution in [2.24, 2.45) is 17.1 Å². The molecule has 2 aromatic carbocycles. The van der Waals surface area contributed by atoms with Crippen LogP contribution in [-0.4, -0.2) is 15.5 Å². The van der Waals surface area contributed by atoms with E-state index in [4.69, 9.17) is 17.3 Å². The predicted molar refractivity (Wildman–Crippen MR) is 123 cm³/mol. The lowest BCUT2D eigenvalue weighted by atomic mass is 9.71. The Morgan fingerprint density at radius 2 is 1.84 bits per heavy atom. The normalized spacial score (nSPS) is 19.3. The quantitative estimate of drug-likeness (QED) is 0.461. The first-order valence-electron chi connectivity index (χ1n) is 10.8. The lowest BCUT2D eigenvalue weighted by Crippen LogP contribution is -2.27. The molecule has 3 aromatic rings. The first-order chi connectivity index (χ1) is 15.1. The number of primary amides is 1. The van der Waals surface area contributed by atoms with E-state index in [0.29, 0.717) is 22.9 Å². The van der Waals surface area contributed by atoms with Gasteiger partial charge in [0.25, 0.3) is 5.91 Å². The maximum Gasteiger partial charge on any atom is 0.251 e. The van der Waals surface area contributed by atoms with E-state index in [-0.39, 0.29) is 27.7 Å². The number of benzene rings is 2. The molecule has 0 aliphatic heterocycles. The number of rotatable bonds is 4. The highest BCUT2D eigenvalue weighted by atomic mass is 35.5. The lowest BCUT2D eigenvalue weighted by molar-refractivity contribution is 0.0996. The number of imidazole rings is 1. The number of para-hydroxylation sites is 1. The van der Waals surface area contributed by atoms with Crippen molar-refractivity contribution in [2.45, 2.75) is 52.5 Å². The molecule has 3 N–H and O–H groups in total. The average Bonchev–Trinajstić information content (AvgIpc) is 3.06. The van der Waals surface area contributed by atoms with Gasteiger partial charge in [0.05, 0.1) is 27.3 Å². The largest absolute Gasteiger partial charge is 0.366 e. The van der Waals surface area contributed by atoms with Crippen LogP contribution in [0.3, 0.4) is 0 Å². The minimum Gasteiger partial charge on any atom is -0.366 e. The molecule has 1 fully saturated rings. The Balaban J connectivity index is 1.81. The Kier molecular flexibility index (Phi) is 5.88. The summed E-state index contributed by atoms with van der Waals surface area (Å²) in [6.07, 6.45) is 3.81. The highest BCUT2D eigenvalue weighted by Gasteiger charge is 2.32. The van der Waals surface area contributed by atoms with E-state index >= 15 is 0 Å². The minimum absolute atomic E-state index is 0.0467. The Morgan fingerprint density at radius 1 is 1.16 bits per heavy atom. The molecular weight excluding hydrogens is 434 g/mol. The number of hydrogen-bond donors (Lipinski definition) is 2. The molecule has 1 amide bonds. The summed E-state index contributed by atoms with van der Waals surface area (Å²) in [5.41, 5.74) is 6.34. The first-order valence-corrected chi connectivity index (χ1v) is 11.2. The van der Waals surface area contributed by atoms with Crippen LogP contribution in [-0.2, 0) is 0 Å². The number of halogens is 3. The Labute approximate surface area is 191 Å². The molecule has 0 radical (unpaired) electrons. The van der Waals surface area contributed by atoms with E-state index in [1.165, 1.54) is 24.3 Å². The van der Waals surface area contributed by atoms with Crippen molar-refractivity contribution in [3.05, 3.63) is 52.6 Å².